The van der Waals surface area contributed by atoms with Crippen LogP contribution in [0.2, 0.25) is 0 Å². The van der Waals surface area contributed by atoms with Crippen molar-refractivity contribution in [3.05, 3.63) is 23.8 Å². The lowest BCUT2D eigenvalue weighted by Gasteiger charge is -2.21. The molecule has 134 valence electrons. The largest absolute Gasteiger partial charge is 0.481 e. The van der Waals surface area contributed by atoms with Crippen molar-refractivity contribution in [2.45, 2.75) is 11.1 Å². The third kappa shape index (κ3) is 4.31. The Labute approximate surface area is 153 Å². The van der Waals surface area contributed by atoms with Gasteiger partial charge in [0.05, 0.1) is 17.8 Å². The third-order valence-corrected chi connectivity index (χ3v) is 6.52. The molecule has 0 radical (unpaired) electrons. The molecule has 8 nitrogen and oxygen atoms in total. The molecular formula is C15H18N4O4S2. The van der Waals surface area contributed by atoms with E-state index in [4.69, 9.17) is 5.11 Å². The molecule has 25 heavy (non-hydrogen) atoms. The summed E-state index contributed by atoms with van der Waals surface area (Å²) in [4.78, 5) is 36.3. The molecule has 1 aromatic rings. The molecule has 2 heterocycles. The standard InChI is InChI=1S/C15H18N4O4S2/c20-11(21)8-9-2-1-3-10(17-15-24-6-7-25-15)12(9)18-14(23)19-5-4-16-13(19)22/h1-3,15,17H,4-8H2,(H,16,22)(H,18,23)(H,20,21). The first-order valence-corrected chi connectivity index (χ1v) is 9.84. The number of anilines is 2. The highest BCUT2D eigenvalue weighted by atomic mass is 32.2. The van der Waals surface area contributed by atoms with Crippen molar-refractivity contribution >= 4 is 52.9 Å². The number of carbonyl (C=O) groups is 3. The maximum Gasteiger partial charge on any atom is 0.330 e. The Morgan fingerprint density at radius 3 is 2.72 bits per heavy atom. The number of thioether (sulfide) groups is 2. The van der Waals surface area contributed by atoms with E-state index in [0.29, 0.717) is 23.5 Å². The maximum atomic E-state index is 12.4. The van der Waals surface area contributed by atoms with Gasteiger partial charge in [0, 0.05) is 24.6 Å². The predicted octanol–water partition coefficient (Wildman–Crippen LogP) is 2.05. The van der Waals surface area contributed by atoms with Crippen LogP contribution in [0.5, 0.6) is 0 Å². The smallest absolute Gasteiger partial charge is 0.330 e. The number of para-hydroxylation sites is 1. The molecule has 10 heteroatoms. The van der Waals surface area contributed by atoms with Crippen LogP contribution in [0.25, 0.3) is 0 Å². The number of hydrogen-bond acceptors (Lipinski definition) is 6. The lowest BCUT2D eigenvalue weighted by molar-refractivity contribution is -0.136. The summed E-state index contributed by atoms with van der Waals surface area (Å²) >= 11 is 3.52. The van der Waals surface area contributed by atoms with Crippen molar-refractivity contribution in [3.8, 4) is 0 Å². The van der Waals surface area contributed by atoms with Crippen LogP contribution in [0.3, 0.4) is 0 Å². The summed E-state index contributed by atoms with van der Waals surface area (Å²) in [5, 5.41) is 17.7. The maximum absolute atomic E-state index is 12.4. The van der Waals surface area contributed by atoms with Gasteiger partial charge in [-0.05, 0) is 11.6 Å². The number of hydrogen-bond donors (Lipinski definition) is 4. The SMILES string of the molecule is O=C(O)Cc1cccc(NC2SCCS2)c1NC(=O)N1CCNC1=O. The summed E-state index contributed by atoms with van der Waals surface area (Å²) in [7, 11) is 0. The minimum absolute atomic E-state index is 0.144. The number of aliphatic carboxylic acids is 1. The molecule has 0 saturated carbocycles. The minimum atomic E-state index is -0.990. The van der Waals surface area contributed by atoms with E-state index in [9.17, 15) is 14.4 Å². The van der Waals surface area contributed by atoms with Crippen molar-refractivity contribution in [1.29, 1.82) is 0 Å². The van der Waals surface area contributed by atoms with E-state index in [2.05, 4.69) is 16.0 Å². The molecule has 2 saturated heterocycles. The highest BCUT2D eigenvalue weighted by Gasteiger charge is 2.28. The average Bonchev–Trinajstić information content (AvgIpc) is 3.21. The van der Waals surface area contributed by atoms with Crippen molar-refractivity contribution in [2.24, 2.45) is 0 Å². The number of amides is 4. The van der Waals surface area contributed by atoms with E-state index in [1.807, 2.05) is 0 Å². The molecule has 0 unspecified atom stereocenters. The van der Waals surface area contributed by atoms with Gasteiger partial charge in [0.2, 0.25) is 0 Å². The molecule has 0 aromatic heterocycles. The minimum Gasteiger partial charge on any atom is -0.481 e. The zero-order valence-electron chi connectivity index (χ0n) is 13.3. The Hall–Kier alpha value is -2.07. The van der Waals surface area contributed by atoms with Crippen molar-refractivity contribution in [3.63, 3.8) is 0 Å². The highest BCUT2D eigenvalue weighted by molar-refractivity contribution is 8.20. The fourth-order valence-electron chi connectivity index (χ4n) is 2.59. The van der Waals surface area contributed by atoms with Crippen molar-refractivity contribution < 1.29 is 19.5 Å². The molecule has 0 atom stereocenters. The fourth-order valence-corrected chi connectivity index (χ4v) is 5.17. The molecule has 0 bridgehead atoms. The zero-order chi connectivity index (χ0) is 17.8. The second kappa shape index (κ2) is 7.87. The molecule has 4 amide bonds. The average molecular weight is 382 g/mol. The summed E-state index contributed by atoms with van der Waals surface area (Å²) in [5.41, 5.74) is 1.54. The molecule has 2 aliphatic rings. The van der Waals surface area contributed by atoms with Gasteiger partial charge in [0.1, 0.15) is 4.71 Å². The lowest BCUT2D eigenvalue weighted by Crippen LogP contribution is -2.38. The summed E-state index contributed by atoms with van der Waals surface area (Å²) in [5.74, 6) is 1.08. The van der Waals surface area contributed by atoms with Crippen LogP contribution in [-0.4, -0.2) is 57.3 Å². The van der Waals surface area contributed by atoms with E-state index in [0.717, 1.165) is 16.4 Å². The summed E-state index contributed by atoms with van der Waals surface area (Å²) in [6.45, 7) is 0.687. The molecule has 1 aromatic carbocycles. The Balaban J connectivity index is 1.85. The number of nitrogens with one attached hydrogen (secondary N) is 3. The monoisotopic (exact) mass is 382 g/mol. The van der Waals surface area contributed by atoms with Crippen LogP contribution >= 0.6 is 23.5 Å². The Morgan fingerprint density at radius 1 is 1.32 bits per heavy atom. The predicted molar refractivity (Wildman–Crippen MR) is 99.2 cm³/mol. The summed E-state index contributed by atoms with van der Waals surface area (Å²) in [6.07, 6.45) is -0.220. The number of carboxylic acids is 1. The number of carboxylic acid groups (broad SMARTS) is 1. The van der Waals surface area contributed by atoms with Gasteiger partial charge in [-0.25, -0.2) is 14.5 Å². The molecule has 0 aliphatic carbocycles. The Kier molecular flexibility index (Phi) is 5.59. The quantitative estimate of drug-likeness (QED) is 0.617. The van der Waals surface area contributed by atoms with Crippen LogP contribution < -0.4 is 16.0 Å². The van der Waals surface area contributed by atoms with Crippen LogP contribution in [0, 0.1) is 0 Å². The topological polar surface area (TPSA) is 111 Å². The zero-order valence-corrected chi connectivity index (χ0v) is 14.9. The molecule has 0 spiro atoms. The van der Waals surface area contributed by atoms with E-state index in [1.165, 1.54) is 0 Å². The summed E-state index contributed by atoms with van der Waals surface area (Å²) < 4.78 is 0.144. The molecular weight excluding hydrogens is 364 g/mol. The van der Waals surface area contributed by atoms with Crippen LogP contribution in [0.15, 0.2) is 18.2 Å². The van der Waals surface area contributed by atoms with E-state index in [1.54, 1.807) is 41.7 Å². The van der Waals surface area contributed by atoms with Gasteiger partial charge in [-0.1, -0.05) is 12.1 Å². The normalized spacial score (nSPS) is 17.4. The first-order chi connectivity index (χ1) is 12.0. The van der Waals surface area contributed by atoms with Gasteiger partial charge in [-0.3, -0.25) is 4.79 Å². The van der Waals surface area contributed by atoms with E-state index >= 15 is 0 Å². The molecule has 2 aliphatic heterocycles. The van der Waals surface area contributed by atoms with Crippen molar-refractivity contribution in [1.82, 2.24) is 10.2 Å². The number of rotatable bonds is 5. The first-order valence-electron chi connectivity index (χ1n) is 7.74. The number of imide groups is 1. The Bertz CT molecular complexity index is 694. The van der Waals surface area contributed by atoms with Gasteiger partial charge in [0.25, 0.3) is 0 Å². The fraction of sp³-hybridized carbons (Fsp3) is 0.400. The Morgan fingerprint density at radius 2 is 2.08 bits per heavy atom. The molecule has 3 rings (SSSR count). The van der Waals surface area contributed by atoms with Crippen LogP contribution in [0.1, 0.15) is 5.56 Å². The van der Waals surface area contributed by atoms with Gasteiger partial charge < -0.3 is 21.1 Å². The van der Waals surface area contributed by atoms with Gasteiger partial charge in [0.15, 0.2) is 0 Å². The lowest BCUT2D eigenvalue weighted by atomic mass is 10.1. The van der Waals surface area contributed by atoms with Crippen LogP contribution in [-0.2, 0) is 11.2 Å². The van der Waals surface area contributed by atoms with Crippen molar-refractivity contribution in [2.75, 3.05) is 35.2 Å². The number of urea groups is 2. The molecule has 2 fully saturated rings. The van der Waals surface area contributed by atoms with Gasteiger partial charge in [-0.15, -0.1) is 23.5 Å². The third-order valence-electron chi connectivity index (χ3n) is 3.72. The second-order valence-electron chi connectivity index (χ2n) is 5.44. The van der Waals surface area contributed by atoms with E-state index in [-0.39, 0.29) is 17.7 Å². The van der Waals surface area contributed by atoms with Gasteiger partial charge in [-0.2, -0.15) is 0 Å². The first kappa shape index (κ1) is 17.7. The highest BCUT2D eigenvalue weighted by Crippen LogP contribution is 2.36. The van der Waals surface area contributed by atoms with Crippen LogP contribution in [0.4, 0.5) is 21.0 Å². The number of carbonyl (C=O) groups excluding carboxylic acids is 2. The second-order valence-corrected chi connectivity index (χ2v) is 8.17. The number of benzene rings is 1. The number of nitrogens with zero attached hydrogens (tertiary/aromatic N) is 1. The van der Waals surface area contributed by atoms with Gasteiger partial charge >= 0.3 is 18.0 Å². The summed E-state index contributed by atoms with van der Waals surface area (Å²) in [6, 6.07) is 4.19. The molecule has 4 N–H and O–H groups in total. The van der Waals surface area contributed by atoms with E-state index < -0.39 is 18.0 Å².